The van der Waals surface area contributed by atoms with Crippen molar-refractivity contribution in [3.63, 3.8) is 0 Å². The number of fused-ring (bicyclic) bond motifs is 1. The highest BCUT2D eigenvalue weighted by Crippen LogP contribution is 2.39. The molecule has 1 N–H and O–H groups in total. The summed E-state index contributed by atoms with van der Waals surface area (Å²) < 4.78 is 53.5. The Morgan fingerprint density at radius 1 is 1.03 bits per heavy atom. The van der Waals surface area contributed by atoms with Gasteiger partial charge in [0.25, 0.3) is 10.0 Å². The van der Waals surface area contributed by atoms with E-state index in [4.69, 9.17) is 16.3 Å². The number of sulfonamides is 1. The lowest BCUT2D eigenvalue weighted by molar-refractivity contribution is 0.415. The SMILES string of the molecule is COc1cc(-c2ccc(Cl)c(C)c2)c(F)cc1-c1nccc2cc(S(=O)(=O)Nc3ccon3)ccc12. The Hall–Kier alpha value is -3.95. The van der Waals surface area contributed by atoms with Gasteiger partial charge in [-0.25, -0.2) is 12.8 Å². The Morgan fingerprint density at radius 2 is 1.86 bits per heavy atom. The number of nitrogens with zero attached hydrogens (tertiary/aromatic N) is 2. The van der Waals surface area contributed by atoms with Crippen molar-refractivity contribution >= 4 is 38.2 Å². The lowest BCUT2D eigenvalue weighted by Gasteiger charge is -2.14. The van der Waals surface area contributed by atoms with Crippen molar-refractivity contribution in [3.05, 3.63) is 89.5 Å². The largest absolute Gasteiger partial charge is 0.496 e. The number of pyridine rings is 1. The molecule has 2 heterocycles. The molecule has 0 saturated carbocycles. The van der Waals surface area contributed by atoms with E-state index in [1.54, 1.807) is 30.3 Å². The summed E-state index contributed by atoms with van der Waals surface area (Å²) in [7, 11) is -2.40. The van der Waals surface area contributed by atoms with Crippen LogP contribution in [0.25, 0.3) is 33.2 Å². The molecule has 0 unspecified atom stereocenters. The fourth-order valence-corrected chi connectivity index (χ4v) is 5.09. The van der Waals surface area contributed by atoms with Crippen molar-refractivity contribution in [2.45, 2.75) is 11.8 Å². The van der Waals surface area contributed by atoms with Crippen molar-refractivity contribution in [1.29, 1.82) is 0 Å². The average Bonchev–Trinajstić information content (AvgIpc) is 3.37. The molecule has 7 nitrogen and oxygen atoms in total. The molecule has 2 aromatic heterocycles. The molecule has 5 rings (SSSR count). The van der Waals surface area contributed by atoms with Crippen LogP contribution in [-0.4, -0.2) is 25.7 Å². The van der Waals surface area contributed by atoms with Crippen LogP contribution < -0.4 is 9.46 Å². The van der Waals surface area contributed by atoms with E-state index >= 15 is 4.39 Å². The zero-order valence-electron chi connectivity index (χ0n) is 19.1. The Labute approximate surface area is 211 Å². The molecule has 3 aromatic carbocycles. The van der Waals surface area contributed by atoms with Crippen LogP contribution in [0.15, 0.2) is 82.5 Å². The third-order valence-corrected chi connectivity index (χ3v) is 7.51. The van der Waals surface area contributed by atoms with Crippen molar-refractivity contribution < 1.29 is 22.1 Å². The minimum Gasteiger partial charge on any atom is -0.496 e. The normalized spacial score (nSPS) is 11.6. The summed E-state index contributed by atoms with van der Waals surface area (Å²) in [5.41, 5.74) is 2.75. The van der Waals surface area contributed by atoms with Crippen LogP contribution in [-0.2, 0) is 10.0 Å². The second kappa shape index (κ2) is 9.25. The first-order chi connectivity index (χ1) is 17.3. The van der Waals surface area contributed by atoms with Gasteiger partial charge < -0.3 is 9.26 Å². The van der Waals surface area contributed by atoms with E-state index < -0.39 is 15.8 Å². The van der Waals surface area contributed by atoms with E-state index in [9.17, 15) is 8.42 Å². The van der Waals surface area contributed by atoms with E-state index in [0.29, 0.717) is 43.9 Å². The summed E-state index contributed by atoms with van der Waals surface area (Å²) in [6.45, 7) is 1.85. The second-order valence-electron chi connectivity index (χ2n) is 8.03. The zero-order valence-corrected chi connectivity index (χ0v) is 20.7. The number of hydrogen-bond donors (Lipinski definition) is 1. The van der Waals surface area contributed by atoms with Crippen molar-refractivity contribution in [2.75, 3.05) is 11.8 Å². The van der Waals surface area contributed by atoms with Gasteiger partial charge in [-0.3, -0.25) is 9.71 Å². The number of halogens is 2. The minimum absolute atomic E-state index is 0.0294. The number of ether oxygens (including phenoxy) is 1. The highest BCUT2D eigenvalue weighted by atomic mass is 35.5. The van der Waals surface area contributed by atoms with Gasteiger partial charge in [0.15, 0.2) is 5.82 Å². The summed E-state index contributed by atoms with van der Waals surface area (Å²) in [5.74, 6) is 0.0347. The first-order valence-corrected chi connectivity index (χ1v) is 12.6. The molecule has 5 aromatic rings. The van der Waals surface area contributed by atoms with E-state index in [-0.39, 0.29) is 10.7 Å². The lowest BCUT2D eigenvalue weighted by atomic mass is 9.97. The first-order valence-electron chi connectivity index (χ1n) is 10.7. The Bertz CT molecular complexity index is 1710. The molecule has 0 radical (unpaired) electrons. The van der Waals surface area contributed by atoms with Gasteiger partial charge in [-0.2, -0.15) is 0 Å². The van der Waals surface area contributed by atoms with Crippen molar-refractivity contribution in [1.82, 2.24) is 10.1 Å². The van der Waals surface area contributed by atoms with E-state index in [0.717, 1.165) is 5.56 Å². The summed E-state index contributed by atoms with van der Waals surface area (Å²) in [6, 6.07) is 15.9. The third-order valence-electron chi connectivity index (χ3n) is 5.74. The lowest BCUT2D eigenvalue weighted by Crippen LogP contribution is -2.13. The van der Waals surface area contributed by atoms with E-state index in [2.05, 4.69) is 19.4 Å². The summed E-state index contributed by atoms with van der Waals surface area (Å²) in [6.07, 6.45) is 2.80. The monoisotopic (exact) mass is 523 g/mol. The van der Waals surface area contributed by atoms with Crippen LogP contribution in [0.2, 0.25) is 5.02 Å². The molecule has 0 atom stereocenters. The number of anilines is 1. The number of methoxy groups -OCH3 is 1. The molecule has 10 heteroatoms. The summed E-state index contributed by atoms with van der Waals surface area (Å²) in [4.78, 5) is 4.49. The number of aryl methyl sites for hydroxylation is 1. The van der Waals surface area contributed by atoms with Crippen molar-refractivity contribution in [2.24, 2.45) is 0 Å². The maximum Gasteiger partial charge on any atom is 0.263 e. The number of nitrogens with one attached hydrogen (secondary N) is 1. The summed E-state index contributed by atoms with van der Waals surface area (Å²) >= 11 is 6.13. The van der Waals surface area contributed by atoms with Crippen LogP contribution in [0.5, 0.6) is 5.75 Å². The van der Waals surface area contributed by atoms with Gasteiger partial charge in [-0.1, -0.05) is 28.9 Å². The van der Waals surface area contributed by atoms with Gasteiger partial charge >= 0.3 is 0 Å². The fraction of sp³-hybridized carbons (Fsp3) is 0.0769. The molecular weight excluding hydrogens is 505 g/mol. The topological polar surface area (TPSA) is 94.3 Å². The van der Waals surface area contributed by atoms with Gasteiger partial charge in [0.2, 0.25) is 0 Å². The second-order valence-corrected chi connectivity index (χ2v) is 10.1. The smallest absolute Gasteiger partial charge is 0.263 e. The Morgan fingerprint density at radius 3 is 2.58 bits per heavy atom. The highest BCUT2D eigenvalue weighted by molar-refractivity contribution is 7.92. The van der Waals surface area contributed by atoms with Crippen LogP contribution in [0.1, 0.15) is 5.56 Å². The zero-order chi connectivity index (χ0) is 25.4. The molecule has 36 heavy (non-hydrogen) atoms. The molecule has 0 fully saturated rings. The van der Waals surface area contributed by atoms with Gasteiger partial charge in [0, 0.05) is 33.8 Å². The maximum atomic E-state index is 15.4. The predicted molar refractivity (Wildman–Crippen MR) is 136 cm³/mol. The average molecular weight is 524 g/mol. The molecule has 0 aliphatic carbocycles. The van der Waals surface area contributed by atoms with E-state index in [1.807, 2.05) is 13.0 Å². The molecular formula is C26H19ClFN3O4S. The van der Waals surface area contributed by atoms with E-state index in [1.165, 1.54) is 43.8 Å². The van der Waals surface area contributed by atoms with Gasteiger partial charge in [-0.05, 0) is 65.9 Å². The number of hydrogen-bond acceptors (Lipinski definition) is 6. The molecule has 0 amide bonds. The fourth-order valence-electron chi connectivity index (χ4n) is 3.94. The summed E-state index contributed by atoms with van der Waals surface area (Å²) in [5, 5.41) is 5.40. The first kappa shape index (κ1) is 23.8. The standard InChI is InChI=1S/C26H19ClFN3O4S/c1-15-11-16(3-6-22(15)27)20-14-24(34-2)21(13-23(20)28)26-19-5-4-18(12-17(19)7-9-29-26)36(32,33)31-25-8-10-35-30-25/h3-14H,1-2H3,(H,30,31). The number of benzene rings is 3. The Kier molecular flexibility index (Phi) is 6.11. The molecule has 182 valence electrons. The minimum atomic E-state index is -3.90. The van der Waals surface area contributed by atoms with Crippen LogP contribution in [0.3, 0.4) is 0 Å². The quantitative estimate of drug-likeness (QED) is 0.274. The molecule has 0 bridgehead atoms. The van der Waals surface area contributed by atoms with Crippen LogP contribution in [0.4, 0.5) is 10.2 Å². The predicted octanol–water partition coefficient (Wildman–Crippen LogP) is 6.47. The van der Waals surface area contributed by atoms with Crippen LogP contribution in [0, 0.1) is 12.7 Å². The number of rotatable bonds is 6. The molecule has 0 aliphatic rings. The Balaban J connectivity index is 1.60. The third kappa shape index (κ3) is 4.38. The molecule has 0 spiro atoms. The van der Waals surface area contributed by atoms with Gasteiger partial charge in [0.1, 0.15) is 17.8 Å². The number of aromatic nitrogens is 2. The van der Waals surface area contributed by atoms with Crippen LogP contribution >= 0.6 is 11.6 Å². The van der Waals surface area contributed by atoms with Crippen molar-refractivity contribution in [3.8, 4) is 28.1 Å². The molecule has 0 saturated heterocycles. The highest BCUT2D eigenvalue weighted by Gasteiger charge is 2.20. The van der Waals surface area contributed by atoms with Gasteiger partial charge in [-0.15, -0.1) is 0 Å². The maximum absolute atomic E-state index is 15.4. The van der Waals surface area contributed by atoms with Gasteiger partial charge in [0.05, 0.1) is 17.7 Å². The molecule has 0 aliphatic heterocycles.